The summed E-state index contributed by atoms with van der Waals surface area (Å²) in [7, 11) is 0. The van der Waals surface area contributed by atoms with Crippen molar-refractivity contribution in [2.45, 2.75) is 51.5 Å². The fraction of sp³-hybridized carbons (Fsp3) is 0.529. The molecule has 0 radical (unpaired) electrons. The molecule has 1 fully saturated rings. The fourth-order valence-electron chi connectivity index (χ4n) is 2.89. The highest BCUT2D eigenvalue weighted by Crippen LogP contribution is 2.37. The van der Waals surface area contributed by atoms with E-state index in [0.717, 1.165) is 24.6 Å². The summed E-state index contributed by atoms with van der Waals surface area (Å²) >= 11 is 1.51. The summed E-state index contributed by atoms with van der Waals surface area (Å²) in [5.74, 6) is 0.775. The molecule has 3 rings (SSSR count). The van der Waals surface area contributed by atoms with Crippen LogP contribution in [0.25, 0.3) is 0 Å². The molecule has 1 N–H and O–H groups in total. The lowest BCUT2D eigenvalue weighted by molar-refractivity contribution is 0.419. The van der Waals surface area contributed by atoms with Crippen molar-refractivity contribution in [3.8, 4) is 0 Å². The minimum atomic E-state index is 0.227. The molecule has 1 aromatic heterocycles. The molecule has 1 aliphatic carbocycles. The van der Waals surface area contributed by atoms with Crippen molar-refractivity contribution in [1.29, 1.82) is 0 Å². The van der Waals surface area contributed by atoms with Crippen molar-refractivity contribution >= 4 is 11.5 Å². The van der Waals surface area contributed by atoms with Crippen LogP contribution in [-0.4, -0.2) is 16.1 Å². The van der Waals surface area contributed by atoms with Crippen LogP contribution in [0.4, 0.5) is 0 Å². The second-order valence-electron chi connectivity index (χ2n) is 5.91. The molecule has 1 unspecified atom stereocenters. The zero-order valence-electron chi connectivity index (χ0n) is 12.8. The molecule has 21 heavy (non-hydrogen) atoms. The average molecular weight is 301 g/mol. The number of aromatic nitrogens is 2. The van der Waals surface area contributed by atoms with E-state index in [1.807, 2.05) is 0 Å². The molecule has 1 atom stereocenters. The first kappa shape index (κ1) is 14.7. The first-order chi connectivity index (χ1) is 10.3. The molecule has 3 nitrogen and oxygen atoms in total. The highest BCUT2D eigenvalue weighted by atomic mass is 32.1. The van der Waals surface area contributed by atoms with E-state index in [9.17, 15) is 0 Å². The summed E-state index contributed by atoms with van der Waals surface area (Å²) in [6.07, 6.45) is 5.20. The van der Waals surface area contributed by atoms with Crippen LogP contribution in [0.5, 0.6) is 0 Å². The molecule has 4 heteroatoms. The number of hydrogen-bond acceptors (Lipinski definition) is 4. The van der Waals surface area contributed by atoms with Gasteiger partial charge in [0.1, 0.15) is 0 Å². The molecule has 1 saturated carbocycles. The lowest BCUT2D eigenvalue weighted by Crippen LogP contribution is -2.23. The van der Waals surface area contributed by atoms with E-state index in [1.165, 1.54) is 46.8 Å². The molecule has 112 valence electrons. The van der Waals surface area contributed by atoms with E-state index in [4.69, 9.17) is 0 Å². The van der Waals surface area contributed by atoms with Crippen molar-refractivity contribution in [3.05, 3.63) is 46.0 Å². The van der Waals surface area contributed by atoms with Crippen LogP contribution < -0.4 is 5.32 Å². The largest absolute Gasteiger partial charge is 0.305 e. The maximum absolute atomic E-state index is 4.18. The summed E-state index contributed by atoms with van der Waals surface area (Å²) in [6, 6.07) is 9.32. The number of nitrogens with zero attached hydrogens (tertiary/aromatic N) is 2. The molecular formula is C17H23N3S. The van der Waals surface area contributed by atoms with Gasteiger partial charge >= 0.3 is 0 Å². The Bertz CT molecular complexity index is 589. The van der Waals surface area contributed by atoms with Crippen LogP contribution >= 0.6 is 11.5 Å². The Kier molecular flexibility index (Phi) is 4.66. The second-order valence-corrected chi connectivity index (χ2v) is 6.69. The lowest BCUT2D eigenvalue weighted by atomic mass is 9.79. The van der Waals surface area contributed by atoms with E-state index in [1.54, 1.807) is 0 Å². The zero-order chi connectivity index (χ0) is 14.7. The van der Waals surface area contributed by atoms with Crippen molar-refractivity contribution in [1.82, 2.24) is 14.9 Å². The molecule has 1 aromatic carbocycles. The molecule has 0 spiro atoms. The maximum Gasteiger partial charge on any atom is 0.0776 e. The Balaban J connectivity index is 1.90. The van der Waals surface area contributed by atoms with Crippen LogP contribution in [0, 0.1) is 6.92 Å². The van der Waals surface area contributed by atoms with E-state index in [0.29, 0.717) is 0 Å². The first-order valence-corrected chi connectivity index (χ1v) is 8.69. The van der Waals surface area contributed by atoms with Crippen LogP contribution in [0.1, 0.15) is 66.3 Å². The van der Waals surface area contributed by atoms with Gasteiger partial charge in [-0.2, -0.15) is 0 Å². The fourth-order valence-corrected chi connectivity index (χ4v) is 3.64. The third-order valence-corrected chi connectivity index (χ3v) is 5.26. The third kappa shape index (κ3) is 3.16. The lowest BCUT2D eigenvalue weighted by Gasteiger charge is -2.27. The summed E-state index contributed by atoms with van der Waals surface area (Å²) in [5.41, 5.74) is 3.89. The number of rotatable bonds is 6. The van der Waals surface area contributed by atoms with Gasteiger partial charge in [-0.1, -0.05) is 42.1 Å². The van der Waals surface area contributed by atoms with E-state index in [-0.39, 0.29) is 6.04 Å². The minimum absolute atomic E-state index is 0.227. The highest BCUT2D eigenvalue weighted by molar-refractivity contribution is 7.05. The smallest absolute Gasteiger partial charge is 0.0776 e. The molecule has 0 bridgehead atoms. The third-order valence-electron chi connectivity index (χ3n) is 4.37. The zero-order valence-corrected chi connectivity index (χ0v) is 13.6. The summed E-state index contributed by atoms with van der Waals surface area (Å²) in [4.78, 5) is 1.24. The standard InChI is InChI=1S/C17H23N3S/c1-3-10-18-16(17-12(2)19-20-21-17)15-9-5-8-14(11-15)13-6-4-7-13/h5,8-9,11,13,16,18H,3-4,6-7,10H2,1-2H3. The van der Waals surface area contributed by atoms with Gasteiger partial charge in [0.25, 0.3) is 0 Å². The van der Waals surface area contributed by atoms with Crippen molar-refractivity contribution < 1.29 is 0 Å². The van der Waals surface area contributed by atoms with Gasteiger partial charge in [0.2, 0.25) is 0 Å². The van der Waals surface area contributed by atoms with Gasteiger partial charge in [0.05, 0.1) is 16.6 Å². The molecule has 2 aromatic rings. The van der Waals surface area contributed by atoms with Crippen molar-refractivity contribution in [2.24, 2.45) is 0 Å². The van der Waals surface area contributed by atoms with E-state index < -0.39 is 0 Å². The first-order valence-electron chi connectivity index (χ1n) is 7.91. The summed E-state index contributed by atoms with van der Waals surface area (Å²) < 4.78 is 4.11. The van der Waals surface area contributed by atoms with Gasteiger partial charge in [-0.25, -0.2) is 0 Å². The Morgan fingerprint density at radius 2 is 2.24 bits per heavy atom. The van der Waals surface area contributed by atoms with Crippen molar-refractivity contribution in [3.63, 3.8) is 0 Å². The quantitative estimate of drug-likeness (QED) is 0.869. The predicted molar refractivity (Wildman–Crippen MR) is 87.8 cm³/mol. The molecule has 0 saturated heterocycles. The average Bonchev–Trinajstić information content (AvgIpc) is 2.84. The normalized spacial score (nSPS) is 16.7. The molecule has 0 amide bonds. The van der Waals surface area contributed by atoms with Crippen LogP contribution in [0.3, 0.4) is 0 Å². The topological polar surface area (TPSA) is 37.8 Å². The predicted octanol–water partition coefficient (Wildman–Crippen LogP) is 4.20. The van der Waals surface area contributed by atoms with Gasteiger partial charge in [-0.3, -0.25) is 0 Å². The number of hydrogen-bond donors (Lipinski definition) is 1. The maximum atomic E-state index is 4.18. The van der Waals surface area contributed by atoms with Crippen molar-refractivity contribution in [2.75, 3.05) is 6.54 Å². The van der Waals surface area contributed by atoms with Crippen LogP contribution in [-0.2, 0) is 0 Å². The molecule has 1 aliphatic rings. The molecule has 0 aliphatic heterocycles. The number of benzene rings is 1. The Hall–Kier alpha value is -1.26. The SMILES string of the molecule is CCCNC(c1cccc(C2CCC2)c1)c1snnc1C. The van der Waals surface area contributed by atoms with Gasteiger partial charge in [-0.15, -0.1) is 5.10 Å². The summed E-state index contributed by atoms with van der Waals surface area (Å²) in [6.45, 7) is 5.26. The van der Waals surface area contributed by atoms with Gasteiger partial charge in [-0.05, 0) is 61.3 Å². The van der Waals surface area contributed by atoms with Gasteiger partial charge in [0.15, 0.2) is 0 Å². The Labute approximate surface area is 131 Å². The van der Waals surface area contributed by atoms with Crippen LogP contribution in [0.15, 0.2) is 24.3 Å². The number of nitrogens with one attached hydrogen (secondary N) is 1. The van der Waals surface area contributed by atoms with Gasteiger partial charge < -0.3 is 5.32 Å². The van der Waals surface area contributed by atoms with Gasteiger partial charge in [0, 0.05) is 0 Å². The van der Waals surface area contributed by atoms with Crippen LogP contribution in [0.2, 0.25) is 0 Å². The molecule has 1 heterocycles. The Morgan fingerprint density at radius 3 is 2.86 bits per heavy atom. The number of aryl methyl sites for hydroxylation is 1. The highest BCUT2D eigenvalue weighted by Gasteiger charge is 2.23. The second kappa shape index (κ2) is 6.67. The van der Waals surface area contributed by atoms with E-state index in [2.05, 4.69) is 53.0 Å². The monoisotopic (exact) mass is 301 g/mol. The Morgan fingerprint density at radius 1 is 1.38 bits per heavy atom. The summed E-state index contributed by atoms with van der Waals surface area (Å²) in [5, 5.41) is 7.85. The van der Waals surface area contributed by atoms with E-state index >= 15 is 0 Å². The minimum Gasteiger partial charge on any atom is -0.305 e. The molecular weight excluding hydrogens is 278 g/mol.